The van der Waals surface area contributed by atoms with Crippen LogP contribution in [0, 0.1) is 10.4 Å². The van der Waals surface area contributed by atoms with Crippen molar-refractivity contribution in [2.24, 2.45) is 0 Å². The SMILES string of the molecule is CC(O)(CCO)Oc1ccc(Cl)cc1.c1cc2ccc1=2. The van der Waals surface area contributed by atoms with Crippen LogP contribution in [0.15, 0.2) is 48.5 Å². The quantitative estimate of drug-likeness (QED) is 0.727. The maximum absolute atomic E-state index is 9.62. The minimum Gasteiger partial charge on any atom is -0.463 e. The highest BCUT2D eigenvalue weighted by molar-refractivity contribution is 6.30. The maximum Gasteiger partial charge on any atom is 0.207 e. The van der Waals surface area contributed by atoms with Gasteiger partial charge in [0.15, 0.2) is 0 Å². The first-order valence-electron chi connectivity index (χ1n) is 6.38. The lowest BCUT2D eigenvalue weighted by Crippen LogP contribution is -2.32. The van der Waals surface area contributed by atoms with Crippen molar-refractivity contribution in [3.05, 3.63) is 64.0 Å². The van der Waals surface area contributed by atoms with Gasteiger partial charge in [0.1, 0.15) is 5.75 Å². The Hall–Kier alpha value is -1.55. The molecule has 3 rings (SSSR count). The second-order valence-electron chi connectivity index (χ2n) is 4.78. The molecule has 0 saturated carbocycles. The van der Waals surface area contributed by atoms with Crippen molar-refractivity contribution in [3.8, 4) is 5.75 Å². The second-order valence-corrected chi connectivity index (χ2v) is 5.22. The van der Waals surface area contributed by atoms with Gasteiger partial charge in [-0.1, -0.05) is 35.9 Å². The lowest BCUT2D eigenvalue weighted by Gasteiger charge is -2.23. The summed E-state index contributed by atoms with van der Waals surface area (Å²) >= 11 is 5.69. The molecule has 1 aromatic carbocycles. The number of hydrogen-bond donors (Lipinski definition) is 2. The van der Waals surface area contributed by atoms with Crippen LogP contribution in [0.25, 0.3) is 0 Å². The third-order valence-electron chi connectivity index (χ3n) is 2.95. The molecule has 0 bridgehead atoms. The predicted octanol–water partition coefficient (Wildman–Crippen LogP) is 3.10. The largest absolute Gasteiger partial charge is 0.463 e. The van der Waals surface area contributed by atoms with Crippen LogP contribution in [-0.4, -0.2) is 22.6 Å². The first-order chi connectivity index (χ1) is 9.50. The molecule has 2 aliphatic carbocycles. The van der Waals surface area contributed by atoms with Crippen LogP contribution in [0.1, 0.15) is 13.3 Å². The summed E-state index contributed by atoms with van der Waals surface area (Å²) in [5.74, 6) is -0.824. The Morgan fingerprint density at radius 1 is 1.00 bits per heavy atom. The molecule has 2 aliphatic rings. The van der Waals surface area contributed by atoms with Gasteiger partial charge >= 0.3 is 0 Å². The Labute approximate surface area is 122 Å². The number of halogens is 1. The molecule has 1 atom stereocenters. The Morgan fingerprint density at radius 3 is 1.85 bits per heavy atom. The van der Waals surface area contributed by atoms with Gasteiger partial charge in [-0.25, -0.2) is 0 Å². The van der Waals surface area contributed by atoms with Gasteiger partial charge in [0.05, 0.1) is 0 Å². The Kier molecular flexibility index (Phi) is 4.65. The highest BCUT2D eigenvalue weighted by Crippen LogP contribution is 2.21. The van der Waals surface area contributed by atoms with Gasteiger partial charge < -0.3 is 14.9 Å². The number of rotatable bonds is 4. The van der Waals surface area contributed by atoms with E-state index in [0.29, 0.717) is 10.8 Å². The van der Waals surface area contributed by atoms with Gasteiger partial charge in [-0.15, -0.1) is 0 Å². The van der Waals surface area contributed by atoms with Gasteiger partial charge in [-0.3, -0.25) is 0 Å². The van der Waals surface area contributed by atoms with Crippen LogP contribution < -0.4 is 4.74 Å². The van der Waals surface area contributed by atoms with E-state index in [1.807, 2.05) is 0 Å². The first-order valence-corrected chi connectivity index (χ1v) is 6.76. The van der Waals surface area contributed by atoms with Gasteiger partial charge in [-0.05, 0) is 34.7 Å². The Balaban J connectivity index is 0.000000198. The van der Waals surface area contributed by atoms with Crippen molar-refractivity contribution in [3.63, 3.8) is 0 Å². The van der Waals surface area contributed by atoms with E-state index in [2.05, 4.69) is 24.3 Å². The molecule has 0 heterocycles. The van der Waals surface area contributed by atoms with E-state index in [0.717, 1.165) is 0 Å². The highest BCUT2D eigenvalue weighted by Gasteiger charge is 2.21. The molecule has 1 aromatic rings. The third kappa shape index (κ3) is 3.97. The van der Waals surface area contributed by atoms with Crippen LogP contribution in [0.4, 0.5) is 0 Å². The maximum atomic E-state index is 9.62. The van der Waals surface area contributed by atoms with Crippen molar-refractivity contribution in [1.29, 1.82) is 0 Å². The molecule has 0 amide bonds. The lowest BCUT2D eigenvalue weighted by atomic mass is 10.1. The zero-order valence-corrected chi connectivity index (χ0v) is 12.0. The lowest BCUT2D eigenvalue weighted by molar-refractivity contribution is -0.132. The molecular weight excluding hydrogens is 276 g/mol. The van der Waals surface area contributed by atoms with Crippen molar-refractivity contribution < 1.29 is 14.9 Å². The molecule has 2 N–H and O–H groups in total. The molecule has 20 heavy (non-hydrogen) atoms. The van der Waals surface area contributed by atoms with E-state index in [1.165, 1.54) is 17.4 Å². The predicted molar refractivity (Wildman–Crippen MR) is 78.5 cm³/mol. The number of hydrogen-bond acceptors (Lipinski definition) is 3. The summed E-state index contributed by atoms with van der Waals surface area (Å²) in [6.07, 6.45) is 0.162. The summed E-state index contributed by atoms with van der Waals surface area (Å²) in [4.78, 5) is 0. The van der Waals surface area contributed by atoms with Gasteiger partial charge in [0.25, 0.3) is 0 Å². The second kappa shape index (κ2) is 6.27. The zero-order valence-electron chi connectivity index (χ0n) is 11.2. The minimum absolute atomic E-state index is 0.124. The average molecular weight is 293 g/mol. The Bertz CT molecular complexity index is 600. The molecule has 3 nitrogen and oxygen atoms in total. The summed E-state index contributed by atoms with van der Waals surface area (Å²) in [5.41, 5.74) is 0. The molecule has 0 spiro atoms. The summed E-state index contributed by atoms with van der Waals surface area (Å²) in [6.45, 7) is 1.37. The van der Waals surface area contributed by atoms with Gasteiger partial charge in [0.2, 0.25) is 5.79 Å². The number of aliphatic hydroxyl groups is 2. The number of aliphatic hydroxyl groups excluding tert-OH is 1. The summed E-state index contributed by atoms with van der Waals surface area (Å²) in [5, 5.41) is 21.7. The fraction of sp³-hybridized carbons (Fsp3) is 0.250. The number of benzene rings is 2. The van der Waals surface area contributed by atoms with Crippen LogP contribution in [0.5, 0.6) is 5.75 Å². The van der Waals surface area contributed by atoms with E-state index in [-0.39, 0.29) is 13.0 Å². The fourth-order valence-electron chi connectivity index (χ4n) is 1.68. The highest BCUT2D eigenvalue weighted by atomic mass is 35.5. The minimum atomic E-state index is -1.34. The standard InChI is InChI=1S/C10H13ClO3.C6H4/c1-10(13,6-7-12)14-9-4-2-8(11)3-5-9;1-2-6-4-3-5(1)6/h2-5,12-13H,6-7H2,1H3;1-4H. The van der Waals surface area contributed by atoms with Gasteiger partial charge in [0, 0.05) is 25.0 Å². The van der Waals surface area contributed by atoms with Crippen molar-refractivity contribution in [2.45, 2.75) is 19.1 Å². The van der Waals surface area contributed by atoms with E-state index in [9.17, 15) is 5.11 Å². The number of ether oxygens (including phenoxy) is 1. The molecule has 106 valence electrons. The molecule has 0 fully saturated rings. The summed E-state index contributed by atoms with van der Waals surface area (Å²) in [6, 6.07) is 15.1. The van der Waals surface area contributed by atoms with Crippen LogP contribution in [0.2, 0.25) is 5.02 Å². The molecule has 0 aliphatic heterocycles. The van der Waals surface area contributed by atoms with Crippen LogP contribution >= 0.6 is 11.6 Å². The summed E-state index contributed by atoms with van der Waals surface area (Å²) in [7, 11) is 0. The van der Waals surface area contributed by atoms with Crippen molar-refractivity contribution >= 4 is 11.6 Å². The normalized spacial score (nSPS) is 13.8. The zero-order chi connectivity index (χ0) is 14.6. The smallest absolute Gasteiger partial charge is 0.207 e. The van der Waals surface area contributed by atoms with Gasteiger partial charge in [-0.2, -0.15) is 0 Å². The van der Waals surface area contributed by atoms with Crippen molar-refractivity contribution in [1.82, 2.24) is 0 Å². The molecular formula is C16H17ClO3. The fourth-order valence-corrected chi connectivity index (χ4v) is 1.80. The molecule has 1 unspecified atom stereocenters. The molecule has 0 aromatic heterocycles. The van der Waals surface area contributed by atoms with E-state index < -0.39 is 5.79 Å². The topological polar surface area (TPSA) is 49.7 Å². The van der Waals surface area contributed by atoms with E-state index >= 15 is 0 Å². The van der Waals surface area contributed by atoms with E-state index in [4.69, 9.17) is 21.4 Å². The van der Waals surface area contributed by atoms with Crippen molar-refractivity contribution in [2.75, 3.05) is 6.61 Å². The monoisotopic (exact) mass is 292 g/mol. The third-order valence-corrected chi connectivity index (χ3v) is 3.20. The average Bonchev–Trinajstić information content (AvgIpc) is 2.37. The Morgan fingerprint density at radius 2 is 1.50 bits per heavy atom. The first kappa shape index (κ1) is 14.9. The van der Waals surface area contributed by atoms with E-state index in [1.54, 1.807) is 24.3 Å². The molecule has 4 heteroatoms. The molecule has 0 radical (unpaired) electrons. The molecule has 0 saturated heterocycles. The van der Waals surface area contributed by atoms with Crippen LogP contribution in [0.3, 0.4) is 0 Å². The summed E-state index contributed by atoms with van der Waals surface area (Å²) < 4.78 is 5.23. The van der Waals surface area contributed by atoms with Crippen LogP contribution in [-0.2, 0) is 0 Å².